The Bertz CT molecular complexity index is 566. The normalized spacial score (nSPS) is 10.3. The van der Waals surface area contributed by atoms with Crippen molar-refractivity contribution in [1.29, 1.82) is 0 Å². The smallest absolute Gasteiger partial charge is 0.240 e. The molecule has 0 saturated heterocycles. The first kappa shape index (κ1) is 12.4. The minimum absolute atomic E-state index is 0.228. The van der Waals surface area contributed by atoms with Crippen LogP contribution in [0.15, 0.2) is 36.4 Å². The maximum atomic E-state index is 10.8. The van der Waals surface area contributed by atoms with Crippen LogP contribution in [-0.2, 0) is 16.2 Å². The SMILES string of the molecule is COc1ccc2ccccc2c1CONC(C)=O. The van der Waals surface area contributed by atoms with E-state index in [2.05, 4.69) is 5.48 Å². The van der Waals surface area contributed by atoms with E-state index in [-0.39, 0.29) is 12.5 Å². The van der Waals surface area contributed by atoms with Gasteiger partial charge in [0.15, 0.2) is 0 Å². The maximum absolute atomic E-state index is 10.8. The monoisotopic (exact) mass is 245 g/mol. The van der Waals surface area contributed by atoms with Gasteiger partial charge >= 0.3 is 0 Å². The van der Waals surface area contributed by atoms with Crippen molar-refractivity contribution in [2.45, 2.75) is 13.5 Å². The summed E-state index contributed by atoms with van der Waals surface area (Å²) in [6.45, 7) is 1.67. The standard InChI is InChI=1S/C14H15NO3/c1-10(16)15-18-9-13-12-6-4-3-5-11(12)7-8-14(13)17-2/h3-8H,9H2,1-2H3,(H,15,16). The van der Waals surface area contributed by atoms with Crippen LogP contribution in [0.4, 0.5) is 0 Å². The van der Waals surface area contributed by atoms with E-state index in [1.54, 1.807) is 7.11 Å². The molecule has 0 bridgehead atoms. The lowest BCUT2D eigenvalue weighted by Crippen LogP contribution is -2.20. The van der Waals surface area contributed by atoms with Gasteiger partial charge in [-0.25, -0.2) is 5.48 Å². The van der Waals surface area contributed by atoms with Crippen molar-refractivity contribution >= 4 is 16.7 Å². The third kappa shape index (κ3) is 2.60. The van der Waals surface area contributed by atoms with E-state index in [1.807, 2.05) is 36.4 Å². The van der Waals surface area contributed by atoms with Gasteiger partial charge in [0.25, 0.3) is 0 Å². The van der Waals surface area contributed by atoms with Gasteiger partial charge in [-0.3, -0.25) is 9.63 Å². The molecule has 2 rings (SSSR count). The number of fused-ring (bicyclic) bond motifs is 1. The Morgan fingerprint density at radius 1 is 1.22 bits per heavy atom. The molecule has 2 aromatic rings. The van der Waals surface area contributed by atoms with Gasteiger partial charge in [-0.15, -0.1) is 0 Å². The van der Waals surface area contributed by atoms with Gasteiger partial charge in [0.2, 0.25) is 5.91 Å². The van der Waals surface area contributed by atoms with Gasteiger partial charge < -0.3 is 4.74 Å². The number of hydroxylamine groups is 1. The molecule has 0 spiro atoms. The summed E-state index contributed by atoms with van der Waals surface area (Å²) in [5.74, 6) is 0.522. The van der Waals surface area contributed by atoms with Crippen molar-refractivity contribution in [2.24, 2.45) is 0 Å². The average Bonchev–Trinajstić information content (AvgIpc) is 2.38. The van der Waals surface area contributed by atoms with Crippen molar-refractivity contribution in [3.05, 3.63) is 42.0 Å². The summed E-state index contributed by atoms with van der Waals surface area (Å²) in [4.78, 5) is 15.9. The van der Waals surface area contributed by atoms with Crippen LogP contribution in [0.2, 0.25) is 0 Å². The zero-order chi connectivity index (χ0) is 13.0. The average molecular weight is 245 g/mol. The zero-order valence-electron chi connectivity index (χ0n) is 10.4. The van der Waals surface area contributed by atoms with Gasteiger partial charge in [-0.2, -0.15) is 0 Å². The molecule has 0 aromatic heterocycles. The molecule has 0 saturated carbocycles. The fourth-order valence-electron chi connectivity index (χ4n) is 1.87. The topological polar surface area (TPSA) is 47.6 Å². The van der Waals surface area contributed by atoms with Gasteiger partial charge in [0.1, 0.15) is 12.4 Å². The second-order valence-corrected chi connectivity index (χ2v) is 3.91. The predicted octanol–water partition coefficient (Wildman–Crippen LogP) is 2.42. The molecule has 4 nitrogen and oxygen atoms in total. The number of benzene rings is 2. The highest BCUT2D eigenvalue weighted by atomic mass is 16.6. The Morgan fingerprint density at radius 3 is 2.72 bits per heavy atom. The van der Waals surface area contributed by atoms with Gasteiger partial charge in [0.05, 0.1) is 7.11 Å². The molecule has 0 unspecified atom stereocenters. The largest absolute Gasteiger partial charge is 0.496 e. The fourth-order valence-corrected chi connectivity index (χ4v) is 1.87. The number of ether oxygens (including phenoxy) is 1. The molecule has 0 fully saturated rings. The molecule has 18 heavy (non-hydrogen) atoms. The van der Waals surface area contributed by atoms with Crippen molar-refractivity contribution in [3.8, 4) is 5.75 Å². The van der Waals surface area contributed by atoms with Gasteiger partial charge in [-0.1, -0.05) is 30.3 Å². The molecule has 0 atom stereocenters. The number of amides is 1. The van der Waals surface area contributed by atoms with E-state index >= 15 is 0 Å². The number of hydrogen-bond donors (Lipinski definition) is 1. The summed E-state index contributed by atoms with van der Waals surface area (Å²) in [6, 6.07) is 11.9. The van der Waals surface area contributed by atoms with Crippen LogP contribution >= 0.6 is 0 Å². The molecule has 1 N–H and O–H groups in total. The Morgan fingerprint density at radius 2 is 2.00 bits per heavy atom. The molecule has 4 heteroatoms. The molecule has 0 aliphatic carbocycles. The van der Waals surface area contributed by atoms with E-state index in [9.17, 15) is 4.79 Å². The Hall–Kier alpha value is -2.07. The van der Waals surface area contributed by atoms with Crippen molar-refractivity contribution < 1.29 is 14.4 Å². The quantitative estimate of drug-likeness (QED) is 0.841. The highest BCUT2D eigenvalue weighted by Gasteiger charge is 2.08. The van der Waals surface area contributed by atoms with E-state index < -0.39 is 0 Å². The molecule has 0 radical (unpaired) electrons. The maximum Gasteiger partial charge on any atom is 0.240 e. The first-order valence-corrected chi connectivity index (χ1v) is 5.65. The zero-order valence-corrected chi connectivity index (χ0v) is 10.4. The second kappa shape index (κ2) is 5.51. The molecular formula is C14H15NO3. The number of hydrogen-bond acceptors (Lipinski definition) is 3. The molecule has 1 amide bonds. The van der Waals surface area contributed by atoms with Crippen molar-refractivity contribution in [3.63, 3.8) is 0 Å². The summed E-state index contributed by atoms with van der Waals surface area (Å²) in [5, 5.41) is 2.17. The summed E-state index contributed by atoms with van der Waals surface area (Å²) in [7, 11) is 1.62. The van der Waals surface area contributed by atoms with E-state index in [0.717, 1.165) is 22.1 Å². The Balaban J connectivity index is 2.35. The molecular weight excluding hydrogens is 230 g/mol. The summed E-state index contributed by atoms with van der Waals surface area (Å²) in [6.07, 6.45) is 0. The summed E-state index contributed by atoms with van der Waals surface area (Å²) in [5.41, 5.74) is 3.24. The first-order valence-electron chi connectivity index (χ1n) is 5.65. The van der Waals surface area contributed by atoms with Crippen LogP contribution in [0.5, 0.6) is 5.75 Å². The lowest BCUT2D eigenvalue weighted by atomic mass is 10.0. The molecule has 94 valence electrons. The van der Waals surface area contributed by atoms with Crippen LogP contribution in [0, 0.1) is 0 Å². The number of rotatable bonds is 4. The summed E-state index contributed by atoms with van der Waals surface area (Å²) < 4.78 is 5.32. The fraction of sp³-hybridized carbons (Fsp3) is 0.214. The third-order valence-electron chi connectivity index (χ3n) is 2.65. The van der Waals surface area contributed by atoms with Crippen LogP contribution < -0.4 is 10.2 Å². The number of carbonyl (C=O) groups is 1. The van der Waals surface area contributed by atoms with Crippen LogP contribution in [0.1, 0.15) is 12.5 Å². The molecule has 0 aliphatic rings. The summed E-state index contributed by atoms with van der Waals surface area (Å²) >= 11 is 0. The van der Waals surface area contributed by atoms with Gasteiger partial charge in [-0.05, 0) is 16.8 Å². The van der Waals surface area contributed by atoms with Crippen LogP contribution in [0.3, 0.4) is 0 Å². The first-order chi connectivity index (χ1) is 8.72. The van der Waals surface area contributed by atoms with Crippen LogP contribution in [0.25, 0.3) is 10.8 Å². The van der Waals surface area contributed by atoms with Crippen LogP contribution in [-0.4, -0.2) is 13.0 Å². The van der Waals surface area contributed by atoms with Crippen molar-refractivity contribution in [1.82, 2.24) is 5.48 Å². The molecule has 0 aliphatic heterocycles. The minimum Gasteiger partial charge on any atom is -0.496 e. The van der Waals surface area contributed by atoms with Gasteiger partial charge in [0, 0.05) is 12.5 Å². The second-order valence-electron chi connectivity index (χ2n) is 3.91. The number of methoxy groups -OCH3 is 1. The third-order valence-corrected chi connectivity index (χ3v) is 2.65. The molecule has 2 aromatic carbocycles. The van der Waals surface area contributed by atoms with E-state index in [1.165, 1.54) is 6.92 Å². The van der Waals surface area contributed by atoms with E-state index in [0.29, 0.717) is 0 Å². The lowest BCUT2D eigenvalue weighted by molar-refractivity contribution is -0.132. The number of carbonyl (C=O) groups excluding carboxylic acids is 1. The highest BCUT2D eigenvalue weighted by Crippen LogP contribution is 2.28. The highest BCUT2D eigenvalue weighted by molar-refractivity contribution is 5.87. The molecule has 0 heterocycles. The minimum atomic E-state index is -0.228. The number of nitrogens with one attached hydrogen (secondary N) is 1. The Kier molecular flexibility index (Phi) is 3.79. The lowest BCUT2D eigenvalue weighted by Gasteiger charge is -2.12. The predicted molar refractivity (Wildman–Crippen MR) is 69.1 cm³/mol. The Labute approximate surface area is 105 Å². The van der Waals surface area contributed by atoms with E-state index in [4.69, 9.17) is 9.57 Å². The van der Waals surface area contributed by atoms with Crippen molar-refractivity contribution in [2.75, 3.05) is 7.11 Å².